The van der Waals surface area contributed by atoms with E-state index >= 15 is 0 Å². The van der Waals surface area contributed by atoms with Crippen molar-refractivity contribution in [3.63, 3.8) is 0 Å². The maximum atomic E-state index is 12.0. The monoisotopic (exact) mass is 389 g/mol. The molecule has 1 fully saturated rings. The van der Waals surface area contributed by atoms with E-state index in [-0.39, 0.29) is 0 Å². The van der Waals surface area contributed by atoms with Gasteiger partial charge in [-0.15, -0.1) is 0 Å². The molecule has 0 aliphatic carbocycles. The van der Waals surface area contributed by atoms with Crippen molar-refractivity contribution in [1.29, 1.82) is 0 Å². The first-order chi connectivity index (χ1) is 14.3. The average molecular weight is 389 g/mol. The summed E-state index contributed by atoms with van der Waals surface area (Å²) >= 11 is 0. The lowest BCUT2D eigenvalue weighted by atomic mass is 10.2. The zero-order valence-corrected chi connectivity index (χ0v) is 16.1. The fourth-order valence-corrected chi connectivity index (χ4v) is 3.32. The van der Waals surface area contributed by atoms with E-state index in [1.165, 1.54) is 0 Å². The molecule has 1 aliphatic rings. The number of rotatable bonds is 7. The quantitative estimate of drug-likeness (QED) is 0.626. The van der Waals surface area contributed by atoms with Crippen molar-refractivity contribution in [2.75, 3.05) is 41.4 Å². The Balaban J connectivity index is 1.53. The highest BCUT2D eigenvalue weighted by atomic mass is 16.5. The molecule has 7 nitrogen and oxygen atoms in total. The summed E-state index contributed by atoms with van der Waals surface area (Å²) in [5.41, 5.74) is 3.71. The van der Waals surface area contributed by atoms with E-state index in [4.69, 9.17) is 4.74 Å². The molecule has 0 atom stereocenters. The summed E-state index contributed by atoms with van der Waals surface area (Å²) in [5.74, 6) is 0.647. The zero-order chi connectivity index (χ0) is 19.9. The first-order valence-corrected chi connectivity index (χ1v) is 9.60. The number of ether oxygens (including phenoxy) is 1. The van der Waals surface area contributed by atoms with Crippen LogP contribution in [-0.2, 0) is 16.1 Å². The number of nitrogens with zero attached hydrogens (tertiary/aromatic N) is 4. The second-order valence-corrected chi connectivity index (χ2v) is 6.67. The summed E-state index contributed by atoms with van der Waals surface area (Å²) in [6.45, 7) is 3.83. The van der Waals surface area contributed by atoms with E-state index in [9.17, 15) is 4.79 Å². The number of amides is 1. The highest BCUT2D eigenvalue weighted by Crippen LogP contribution is 2.31. The Morgan fingerprint density at radius 3 is 2.52 bits per heavy atom. The molecule has 0 bridgehead atoms. The second kappa shape index (κ2) is 9.16. The number of hydrogen-bond acceptors (Lipinski definition) is 6. The number of nitrogens with one attached hydrogen (secondary N) is 1. The summed E-state index contributed by atoms with van der Waals surface area (Å²) in [4.78, 5) is 24.3. The van der Waals surface area contributed by atoms with Crippen LogP contribution in [0.2, 0.25) is 0 Å². The van der Waals surface area contributed by atoms with Gasteiger partial charge < -0.3 is 15.0 Å². The Bertz CT molecular complexity index is 927. The Morgan fingerprint density at radius 2 is 1.79 bits per heavy atom. The summed E-state index contributed by atoms with van der Waals surface area (Å²) in [6, 6.07) is 15.6. The molecule has 4 rings (SSSR count). The topological polar surface area (TPSA) is 70.6 Å². The highest BCUT2D eigenvalue weighted by molar-refractivity contribution is 5.91. The number of carbonyl (C=O) groups excluding carboxylic acids is 1. The van der Waals surface area contributed by atoms with Gasteiger partial charge in [0.25, 0.3) is 0 Å². The number of benzene rings is 1. The molecule has 0 radical (unpaired) electrons. The van der Waals surface area contributed by atoms with E-state index in [0.717, 1.165) is 49.7 Å². The maximum absolute atomic E-state index is 12.0. The molecular formula is C22H23N5O2. The fourth-order valence-electron chi connectivity index (χ4n) is 3.32. The summed E-state index contributed by atoms with van der Waals surface area (Å²) in [7, 11) is 0. The van der Waals surface area contributed by atoms with E-state index in [2.05, 4.69) is 20.2 Å². The fraction of sp³-hybridized carbons (Fsp3) is 0.227. The highest BCUT2D eigenvalue weighted by Gasteiger charge is 2.15. The number of carbonyl (C=O) groups is 1. The van der Waals surface area contributed by atoms with Crippen molar-refractivity contribution in [3.8, 4) is 0 Å². The molecule has 7 heteroatoms. The summed E-state index contributed by atoms with van der Waals surface area (Å²) in [6.07, 6.45) is 6.04. The van der Waals surface area contributed by atoms with E-state index < -0.39 is 0 Å². The number of pyridine rings is 2. The van der Waals surface area contributed by atoms with Gasteiger partial charge in [0, 0.05) is 49.6 Å². The van der Waals surface area contributed by atoms with Crippen LogP contribution in [0.25, 0.3) is 0 Å². The molecule has 29 heavy (non-hydrogen) atoms. The molecule has 3 aromatic rings. The Kier molecular flexibility index (Phi) is 5.97. The van der Waals surface area contributed by atoms with E-state index in [0.29, 0.717) is 18.1 Å². The lowest BCUT2D eigenvalue weighted by molar-refractivity contribution is -0.106. The van der Waals surface area contributed by atoms with Gasteiger partial charge in [-0.3, -0.25) is 14.7 Å². The number of hydrogen-bond donors (Lipinski definition) is 1. The van der Waals surface area contributed by atoms with Crippen molar-refractivity contribution < 1.29 is 9.53 Å². The molecule has 148 valence electrons. The molecule has 3 heterocycles. The lowest BCUT2D eigenvalue weighted by Crippen LogP contribution is -2.36. The molecule has 1 saturated heterocycles. The van der Waals surface area contributed by atoms with Gasteiger partial charge in [-0.1, -0.05) is 0 Å². The van der Waals surface area contributed by atoms with Gasteiger partial charge in [0.1, 0.15) is 0 Å². The zero-order valence-electron chi connectivity index (χ0n) is 16.1. The van der Waals surface area contributed by atoms with Gasteiger partial charge >= 0.3 is 0 Å². The normalized spacial score (nSPS) is 13.7. The summed E-state index contributed by atoms with van der Waals surface area (Å²) in [5, 5.41) is 3.32. The van der Waals surface area contributed by atoms with Crippen LogP contribution in [0, 0.1) is 0 Å². The van der Waals surface area contributed by atoms with Crippen LogP contribution in [0.1, 0.15) is 5.56 Å². The Hall–Kier alpha value is -3.45. The van der Waals surface area contributed by atoms with Crippen LogP contribution in [0.5, 0.6) is 0 Å². The van der Waals surface area contributed by atoms with Crippen LogP contribution >= 0.6 is 0 Å². The van der Waals surface area contributed by atoms with Gasteiger partial charge in [0.15, 0.2) is 5.82 Å². The third-order valence-electron chi connectivity index (χ3n) is 4.86. The van der Waals surface area contributed by atoms with Gasteiger partial charge in [0.05, 0.1) is 18.9 Å². The first kappa shape index (κ1) is 18.9. The van der Waals surface area contributed by atoms with Crippen molar-refractivity contribution in [1.82, 2.24) is 9.97 Å². The minimum absolute atomic E-state index is 0.592. The van der Waals surface area contributed by atoms with Crippen LogP contribution in [0.4, 0.5) is 22.9 Å². The standard InChI is InChI=1S/C22H23N5O2/c28-17-27(20-5-3-19(4-6-20)26-12-14-29-15-13-26)21-2-1-9-24-22(21)25-16-18-7-10-23-11-8-18/h1-11,17H,12-16H2,(H,24,25). The third kappa shape index (κ3) is 4.52. The molecule has 1 N–H and O–H groups in total. The summed E-state index contributed by atoms with van der Waals surface area (Å²) < 4.78 is 5.41. The van der Waals surface area contributed by atoms with Crippen LogP contribution in [-0.4, -0.2) is 42.7 Å². The minimum Gasteiger partial charge on any atom is -0.378 e. The molecular weight excluding hydrogens is 366 g/mol. The number of aromatic nitrogens is 2. The molecule has 2 aromatic heterocycles. The van der Waals surface area contributed by atoms with Crippen LogP contribution < -0.4 is 15.1 Å². The average Bonchev–Trinajstić information content (AvgIpc) is 2.81. The van der Waals surface area contributed by atoms with E-state index in [1.54, 1.807) is 23.5 Å². The molecule has 0 saturated carbocycles. The number of morpholine rings is 1. The van der Waals surface area contributed by atoms with Crippen molar-refractivity contribution in [2.45, 2.75) is 6.54 Å². The van der Waals surface area contributed by atoms with Gasteiger partial charge in [-0.05, 0) is 54.1 Å². The van der Waals surface area contributed by atoms with E-state index in [1.807, 2.05) is 48.5 Å². The second-order valence-electron chi connectivity index (χ2n) is 6.67. The van der Waals surface area contributed by atoms with Gasteiger partial charge in [-0.25, -0.2) is 4.98 Å². The van der Waals surface area contributed by atoms with Crippen LogP contribution in [0.3, 0.4) is 0 Å². The maximum Gasteiger partial charge on any atom is 0.218 e. The van der Waals surface area contributed by atoms with Crippen molar-refractivity contribution in [2.24, 2.45) is 0 Å². The molecule has 1 amide bonds. The predicted octanol–water partition coefficient (Wildman–Crippen LogP) is 3.22. The molecule has 1 aromatic carbocycles. The van der Waals surface area contributed by atoms with Crippen molar-refractivity contribution in [3.05, 3.63) is 72.7 Å². The molecule has 0 spiro atoms. The third-order valence-corrected chi connectivity index (χ3v) is 4.86. The predicted molar refractivity (Wildman–Crippen MR) is 113 cm³/mol. The molecule has 1 aliphatic heterocycles. The number of anilines is 4. The van der Waals surface area contributed by atoms with Gasteiger partial charge in [0.2, 0.25) is 6.41 Å². The van der Waals surface area contributed by atoms with Crippen molar-refractivity contribution >= 4 is 29.3 Å². The molecule has 0 unspecified atom stereocenters. The van der Waals surface area contributed by atoms with Gasteiger partial charge in [-0.2, -0.15) is 0 Å². The first-order valence-electron chi connectivity index (χ1n) is 9.60. The Labute approximate surface area is 170 Å². The largest absolute Gasteiger partial charge is 0.378 e. The SMILES string of the molecule is O=CN(c1ccc(N2CCOCC2)cc1)c1cccnc1NCc1ccncc1. The minimum atomic E-state index is 0.592. The smallest absolute Gasteiger partial charge is 0.218 e. The lowest BCUT2D eigenvalue weighted by Gasteiger charge is -2.29. The van der Waals surface area contributed by atoms with Crippen LogP contribution in [0.15, 0.2) is 67.1 Å². The Morgan fingerprint density at radius 1 is 1.03 bits per heavy atom.